The van der Waals surface area contributed by atoms with E-state index in [1.807, 2.05) is 0 Å². The van der Waals surface area contributed by atoms with Gasteiger partial charge in [-0.05, 0) is 82.7 Å². The molecule has 6 atom stereocenters. The normalized spacial score (nSPS) is 46.7. The van der Waals surface area contributed by atoms with Gasteiger partial charge in [-0.3, -0.25) is 9.69 Å². The van der Waals surface area contributed by atoms with Gasteiger partial charge in [-0.25, -0.2) is 0 Å². The number of hydrogen-bond acceptors (Lipinski definition) is 4. The van der Waals surface area contributed by atoms with E-state index in [2.05, 4.69) is 41.9 Å². The lowest BCUT2D eigenvalue weighted by Crippen LogP contribution is -2.65. The first-order chi connectivity index (χ1) is 15.5. The molecule has 5 heterocycles. The van der Waals surface area contributed by atoms with Crippen LogP contribution in [0.15, 0.2) is 23.8 Å². The Kier molecular flexibility index (Phi) is 5.24. The van der Waals surface area contributed by atoms with Crippen LogP contribution in [-0.4, -0.2) is 59.1 Å². The summed E-state index contributed by atoms with van der Waals surface area (Å²) < 4.78 is 7.33. The molecule has 0 radical (unpaired) electrons. The van der Waals surface area contributed by atoms with Gasteiger partial charge in [-0.1, -0.05) is 37.6 Å². The molecule has 4 saturated heterocycles. The lowest BCUT2D eigenvalue weighted by Gasteiger charge is -2.60. The Bertz CT molecular complexity index is 833. The van der Waals surface area contributed by atoms with Crippen molar-refractivity contribution in [2.45, 2.75) is 102 Å². The molecule has 0 aromatic rings. The molecule has 4 fully saturated rings. The number of nitrogens with zero attached hydrogens (tertiary/aromatic N) is 2. The van der Waals surface area contributed by atoms with E-state index in [0.717, 1.165) is 45.1 Å². The van der Waals surface area contributed by atoms with Crippen LogP contribution in [0.5, 0.6) is 0 Å². The fraction of sp³-hybridized carbons (Fsp3) is 0.821. The zero-order chi connectivity index (χ0) is 22.0. The third kappa shape index (κ3) is 3.08. The van der Waals surface area contributed by atoms with Gasteiger partial charge in [-0.15, -0.1) is 0 Å². The van der Waals surface area contributed by atoms with Gasteiger partial charge in [0.05, 0.1) is 6.04 Å². The van der Waals surface area contributed by atoms with E-state index in [-0.39, 0.29) is 16.7 Å². The minimum atomic E-state index is -0.217. The van der Waals surface area contributed by atoms with Gasteiger partial charge in [0.1, 0.15) is 17.1 Å². The molecular weight excluding hydrogens is 396 g/mol. The van der Waals surface area contributed by atoms with Crippen molar-refractivity contribution >= 4 is 5.78 Å². The van der Waals surface area contributed by atoms with Gasteiger partial charge in [0, 0.05) is 31.3 Å². The molecule has 6 rings (SSSR count). The summed E-state index contributed by atoms with van der Waals surface area (Å²) in [6, 6.07) is 0.479. The van der Waals surface area contributed by atoms with Gasteiger partial charge >= 0.3 is 0 Å². The lowest BCUT2D eigenvalue weighted by atomic mass is 9.52. The third-order valence-electron chi connectivity index (χ3n) is 9.87. The Morgan fingerprint density at radius 2 is 1.91 bits per heavy atom. The quantitative estimate of drug-likeness (QED) is 0.534. The molecule has 0 amide bonds. The maximum absolute atomic E-state index is 12.5. The molecule has 0 saturated carbocycles. The van der Waals surface area contributed by atoms with E-state index in [1.54, 1.807) is 5.57 Å². The topological polar surface area (TPSA) is 32.8 Å². The van der Waals surface area contributed by atoms with E-state index < -0.39 is 0 Å². The number of ether oxygens (including phenoxy) is 1. The summed E-state index contributed by atoms with van der Waals surface area (Å²) in [7, 11) is 0. The lowest BCUT2D eigenvalue weighted by molar-refractivity contribution is -0.185. The molecule has 5 bridgehead atoms. The molecule has 32 heavy (non-hydrogen) atoms. The Morgan fingerprint density at radius 3 is 2.78 bits per heavy atom. The largest absolute Gasteiger partial charge is 0.348 e. The molecule has 2 unspecified atom stereocenters. The van der Waals surface area contributed by atoms with Crippen molar-refractivity contribution in [2.75, 3.05) is 26.2 Å². The molecule has 5 aliphatic heterocycles. The highest BCUT2D eigenvalue weighted by Gasteiger charge is 2.76. The van der Waals surface area contributed by atoms with E-state index in [1.165, 1.54) is 45.3 Å². The minimum Gasteiger partial charge on any atom is -0.348 e. The number of piperidine rings is 1. The van der Waals surface area contributed by atoms with Gasteiger partial charge < -0.3 is 9.64 Å². The van der Waals surface area contributed by atoms with Crippen LogP contribution in [-0.2, 0) is 9.53 Å². The first-order valence-corrected chi connectivity index (χ1v) is 13.6. The van der Waals surface area contributed by atoms with Gasteiger partial charge in [0.15, 0.2) is 0 Å². The van der Waals surface area contributed by atoms with Crippen molar-refractivity contribution in [1.82, 2.24) is 9.80 Å². The number of Topliss-reactive ketones (excluding diaryl/α,β-unsaturated/α-hetero) is 1. The standard InChI is InChI=1S/C28H42N2O2/c1-21(2)23-18-27-13-7-5-3-4-6-8-15-29-17-12-24(23)26(20-29)19-28(32-27)14-11-22(31)10-9-16-30(28)25(26)27/h3,5,18,21,24-25H,4,6-17,19-20H2,1-2H3/t24-,25+,26-,27-,28?/m1/s1. The van der Waals surface area contributed by atoms with Crippen molar-refractivity contribution in [3.8, 4) is 0 Å². The van der Waals surface area contributed by atoms with Crippen molar-refractivity contribution in [3.63, 3.8) is 0 Å². The molecule has 4 heteroatoms. The van der Waals surface area contributed by atoms with Crippen LogP contribution in [0, 0.1) is 17.3 Å². The summed E-state index contributed by atoms with van der Waals surface area (Å²) in [6.45, 7) is 9.57. The summed E-state index contributed by atoms with van der Waals surface area (Å²) in [6.07, 6.45) is 19.3. The summed E-state index contributed by atoms with van der Waals surface area (Å²) in [4.78, 5) is 18.1. The van der Waals surface area contributed by atoms with Crippen molar-refractivity contribution in [3.05, 3.63) is 23.8 Å². The van der Waals surface area contributed by atoms with Crippen LogP contribution in [0.1, 0.15) is 84.5 Å². The SMILES string of the molecule is CC(C)C1=C[C@]23CCC=CCCCCN4CC[C@H]1[C@]1(C4)CC4(CCC(=O)CCCN4[C@@H]12)O3. The first kappa shape index (κ1) is 21.6. The number of carbonyl (C=O) groups is 1. The predicted molar refractivity (Wildman–Crippen MR) is 127 cm³/mol. The van der Waals surface area contributed by atoms with Crippen molar-refractivity contribution in [1.29, 1.82) is 0 Å². The van der Waals surface area contributed by atoms with Crippen LogP contribution < -0.4 is 0 Å². The Labute approximate surface area is 194 Å². The smallest absolute Gasteiger partial charge is 0.133 e. The number of allylic oxidation sites excluding steroid dienone is 3. The molecule has 6 aliphatic rings. The average Bonchev–Trinajstić information content (AvgIpc) is 3.15. The molecule has 0 N–H and O–H groups in total. The molecule has 0 aromatic carbocycles. The average molecular weight is 439 g/mol. The zero-order valence-corrected chi connectivity index (χ0v) is 20.3. The summed E-state index contributed by atoms with van der Waals surface area (Å²) >= 11 is 0. The second-order valence-electron chi connectivity index (χ2n) is 12.1. The van der Waals surface area contributed by atoms with Crippen LogP contribution in [0.25, 0.3) is 0 Å². The molecule has 1 aliphatic carbocycles. The van der Waals surface area contributed by atoms with E-state index >= 15 is 0 Å². The van der Waals surface area contributed by atoms with Crippen LogP contribution in [0.4, 0.5) is 0 Å². The number of rotatable bonds is 1. The Morgan fingerprint density at radius 1 is 1.03 bits per heavy atom. The van der Waals surface area contributed by atoms with Crippen LogP contribution in [0.2, 0.25) is 0 Å². The maximum atomic E-state index is 12.5. The highest BCUT2D eigenvalue weighted by molar-refractivity contribution is 5.78. The molecule has 176 valence electrons. The van der Waals surface area contributed by atoms with Crippen LogP contribution >= 0.6 is 0 Å². The second-order valence-corrected chi connectivity index (χ2v) is 12.1. The van der Waals surface area contributed by atoms with Crippen molar-refractivity contribution < 1.29 is 9.53 Å². The molecule has 4 nitrogen and oxygen atoms in total. The second kappa shape index (κ2) is 7.78. The summed E-state index contributed by atoms with van der Waals surface area (Å²) in [5.74, 6) is 1.71. The first-order valence-electron chi connectivity index (χ1n) is 13.6. The zero-order valence-electron chi connectivity index (χ0n) is 20.3. The maximum Gasteiger partial charge on any atom is 0.133 e. The van der Waals surface area contributed by atoms with Gasteiger partial charge in [-0.2, -0.15) is 0 Å². The number of fused-ring (bicyclic) bond motifs is 1. The summed E-state index contributed by atoms with van der Waals surface area (Å²) in [5, 5.41) is 0. The monoisotopic (exact) mass is 438 g/mol. The fourth-order valence-electron chi connectivity index (χ4n) is 8.85. The molecule has 1 spiro atoms. The van der Waals surface area contributed by atoms with Crippen molar-refractivity contribution in [2.24, 2.45) is 17.3 Å². The van der Waals surface area contributed by atoms with Gasteiger partial charge in [0.2, 0.25) is 0 Å². The van der Waals surface area contributed by atoms with E-state index in [4.69, 9.17) is 4.74 Å². The highest BCUT2D eigenvalue weighted by Crippen LogP contribution is 2.70. The minimum absolute atomic E-state index is 0.177. The summed E-state index contributed by atoms with van der Waals surface area (Å²) in [5.41, 5.74) is 1.57. The third-order valence-corrected chi connectivity index (χ3v) is 9.87. The molecule has 0 aromatic heterocycles. The molecular formula is C28H42N2O2. The highest BCUT2D eigenvalue weighted by atomic mass is 16.6. The van der Waals surface area contributed by atoms with E-state index in [0.29, 0.717) is 30.1 Å². The van der Waals surface area contributed by atoms with E-state index in [9.17, 15) is 4.79 Å². The van der Waals surface area contributed by atoms with Gasteiger partial charge in [0.25, 0.3) is 0 Å². The number of ketones is 1. The predicted octanol–water partition coefficient (Wildman–Crippen LogP) is 5.09. The number of carbonyl (C=O) groups excluding carboxylic acids is 1. The Hall–Kier alpha value is -0.970. The fourth-order valence-corrected chi connectivity index (χ4v) is 8.85. The Balaban J connectivity index is 1.51. The number of hydrogen-bond donors (Lipinski definition) is 0. The van der Waals surface area contributed by atoms with Crippen LogP contribution in [0.3, 0.4) is 0 Å².